The summed E-state index contributed by atoms with van der Waals surface area (Å²) >= 11 is 0. The van der Waals surface area contributed by atoms with Crippen molar-refractivity contribution in [1.29, 1.82) is 0 Å². The Hall–Kier alpha value is -0.323. The number of allylic oxidation sites excluding steroid dienone is 1. The molecule has 0 spiro atoms. The molecule has 0 aliphatic rings. The van der Waals surface area contributed by atoms with Crippen molar-refractivity contribution in [3.05, 3.63) is 12.7 Å². The first-order chi connectivity index (χ1) is 1.41. The number of halogens is 4. The van der Waals surface area contributed by atoms with E-state index in [1.54, 1.807) is 6.08 Å². The van der Waals surface area contributed by atoms with Crippen LogP contribution in [0.5, 0.6) is 0 Å². The first-order valence-electron chi connectivity index (χ1n) is 0.986. The molecule has 0 aromatic heterocycles. The Kier molecular flexibility index (Phi) is 7150. The molecule has 0 aliphatic heterocycles. The summed E-state index contributed by atoms with van der Waals surface area (Å²) in [6.45, 7) is 5.25. The first-order valence-corrected chi connectivity index (χ1v) is 0.986. The molecule has 0 saturated carbocycles. The predicted octanol–water partition coefficient (Wildman–Crippen LogP) is 0.351. The number of hydrogen-bond acceptors (Lipinski definition) is 0. The molecule has 0 N–H and O–H groups in total. The molecule has 0 rings (SSSR count). The van der Waals surface area contributed by atoms with E-state index in [0.717, 1.165) is 0 Å². The van der Waals surface area contributed by atoms with Crippen molar-refractivity contribution in [3.63, 3.8) is 0 Å². The first kappa shape index (κ1) is 122. The fraction of sp³-hybridized carbons (Fsp3) is 0.333. The zero-order chi connectivity index (χ0) is 2.71. The second-order valence-electron chi connectivity index (χ2n) is 0.408. The highest BCUT2D eigenvalue weighted by molar-refractivity contribution is 5.75. The second-order valence-corrected chi connectivity index (χ2v) is 0.408. The lowest BCUT2D eigenvalue weighted by atomic mass is 10.8. The monoisotopic (exact) mass is 154 g/mol. The molecule has 0 atom stereocenters. The van der Waals surface area contributed by atoms with Gasteiger partial charge in [0.25, 0.3) is 0 Å². The van der Waals surface area contributed by atoms with Crippen molar-refractivity contribution in [2.24, 2.45) is 0 Å². The zero-order valence-electron chi connectivity index (χ0n) is 3.92. The molecule has 8 heavy (non-hydrogen) atoms. The van der Waals surface area contributed by atoms with E-state index in [4.69, 9.17) is 0 Å². The summed E-state index contributed by atoms with van der Waals surface area (Å²) < 4.78 is 0. The highest BCUT2D eigenvalue weighted by Gasteiger charge is 1.15. The topological polar surface area (TPSA) is 0 Å². The van der Waals surface area contributed by atoms with Gasteiger partial charge in [-0.2, -0.15) is 0 Å². The normalized spacial score (nSPS) is 1.62. The van der Waals surface area contributed by atoms with E-state index >= 15 is 0 Å². The van der Waals surface area contributed by atoms with Crippen molar-refractivity contribution >= 4 is 11.0 Å². The van der Waals surface area contributed by atoms with Crippen LogP contribution in [0.3, 0.4) is 0 Å². The van der Waals surface area contributed by atoms with Crippen LogP contribution in [0.25, 0.3) is 0 Å². The molecular weight excluding hydrogens is 140 g/mol. The average Bonchev–Trinajstić information content (AvgIpc) is 0.918. The average molecular weight is 154 g/mol. The summed E-state index contributed by atoms with van der Waals surface area (Å²) in [5.74, 6) is 0. The van der Waals surface area contributed by atoms with E-state index in [0.29, 0.717) is 0 Å². The van der Waals surface area contributed by atoms with E-state index in [2.05, 4.69) is 6.58 Å². The van der Waals surface area contributed by atoms with Gasteiger partial charge in [0.05, 0.1) is 0 Å². The van der Waals surface area contributed by atoms with E-state index in [1.807, 2.05) is 6.92 Å². The van der Waals surface area contributed by atoms with Crippen molar-refractivity contribution < 1.29 is 18.8 Å². The summed E-state index contributed by atoms with van der Waals surface area (Å²) in [6.07, 6.45) is 1.75. The zero-order valence-corrected chi connectivity index (χ0v) is 3.92. The standard InChI is InChI=1S/C3H6.4FH.H4Si/c1-3-2;;;;;/h3H,1H2,2H3;4*1H;1H4. The van der Waals surface area contributed by atoms with Crippen LogP contribution in [0.2, 0.25) is 0 Å². The highest BCUT2D eigenvalue weighted by atomic mass is 28.1. The summed E-state index contributed by atoms with van der Waals surface area (Å²) in [5.41, 5.74) is 0. The highest BCUT2D eigenvalue weighted by Crippen LogP contribution is 1.38. The maximum Gasteiger partial charge on any atom is -0.0149 e. The van der Waals surface area contributed by atoms with Crippen LogP contribution in [0.1, 0.15) is 6.92 Å². The Labute approximate surface area is 50.5 Å². The molecule has 5 heteroatoms. The van der Waals surface area contributed by atoms with Gasteiger partial charge in [-0.05, 0) is 17.9 Å². The minimum Gasteiger partial charge on any atom is -0.269 e. The Morgan fingerprint density at radius 3 is 1.00 bits per heavy atom. The molecule has 0 unspecified atom stereocenters. The van der Waals surface area contributed by atoms with E-state index in [1.165, 1.54) is 0 Å². The van der Waals surface area contributed by atoms with Crippen LogP contribution in [-0.2, 0) is 0 Å². The SMILES string of the molecule is C=CC.F.F.F.F.[SiH4]. The lowest BCUT2D eigenvalue weighted by Gasteiger charge is -1.31. The second kappa shape index (κ2) is 470. The molecule has 0 radical (unpaired) electrons. The summed E-state index contributed by atoms with van der Waals surface area (Å²) in [5, 5.41) is 0. The minimum absolute atomic E-state index is 0. The fourth-order valence-electron chi connectivity index (χ4n) is 0. The fourth-order valence-corrected chi connectivity index (χ4v) is 0. The predicted molar refractivity (Wildman–Crippen MR) is 37.2 cm³/mol. The quantitative estimate of drug-likeness (QED) is 0.268. The smallest absolute Gasteiger partial charge is 0.0149 e. The van der Waals surface area contributed by atoms with Crippen LogP contribution < -0.4 is 0 Å². The van der Waals surface area contributed by atoms with Crippen LogP contribution in [0.15, 0.2) is 12.7 Å². The van der Waals surface area contributed by atoms with Gasteiger partial charge < -0.3 is 0 Å². The minimum atomic E-state index is 0. The lowest BCUT2D eigenvalue weighted by Crippen LogP contribution is -1.07. The molecule has 58 valence electrons. The van der Waals surface area contributed by atoms with Crippen molar-refractivity contribution in [1.82, 2.24) is 0 Å². The molecule has 0 fully saturated rings. The molecule has 0 aromatic rings. The molecule has 0 saturated heterocycles. The van der Waals surface area contributed by atoms with Gasteiger partial charge in [-0.15, -0.1) is 6.58 Å². The third-order valence-corrected chi connectivity index (χ3v) is 0. The maximum atomic E-state index is 3.36. The molecule has 0 heterocycles. The molecule has 0 amide bonds. The van der Waals surface area contributed by atoms with Crippen molar-refractivity contribution in [3.8, 4) is 0 Å². The van der Waals surface area contributed by atoms with Gasteiger partial charge >= 0.3 is 0 Å². The van der Waals surface area contributed by atoms with E-state index in [-0.39, 0.29) is 29.8 Å². The van der Waals surface area contributed by atoms with Gasteiger partial charge in [-0.25, -0.2) is 0 Å². The van der Waals surface area contributed by atoms with E-state index < -0.39 is 0 Å². The van der Waals surface area contributed by atoms with Gasteiger partial charge in [0.1, 0.15) is 0 Å². The van der Waals surface area contributed by atoms with Crippen molar-refractivity contribution in [2.45, 2.75) is 6.92 Å². The molecule has 0 nitrogen and oxygen atoms in total. The van der Waals surface area contributed by atoms with Crippen molar-refractivity contribution in [2.75, 3.05) is 0 Å². The Balaban J connectivity index is -0.00000000200. The van der Waals surface area contributed by atoms with Crippen LogP contribution >= 0.6 is 0 Å². The third-order valence-electron chi connectivity index (χ3n) is 0. The summed E-state index contributed by atoms with van der Waals surface area (Å²) in [6, 6.07) is 0. The van der Waals surface area contributed by atoms with Gasteiger partial charge in [0.15, 0.2) is 0 Å². The third kappa shape index (κ3) is 1190. The van der Waals surface area contributed by atoms with Gasteiger partial charge in [0.2, 0.25) is 0 Å². The van der Waals surface area contributed by atoms with Crippen LogP contribution in [-0.4, -0.2) is 11.0 Å². The Morgan fingerprint density at radius 2 is 1.00 bits per heavy atom. The van der Waals surface area contributed by atoms with Gasteiger partial charge in [-0.3, -0.25) is 18.8 Å². The van der Waals surface area contributed by atoms with E-state index in [9.17, 15) is 0 Å². The lowest BCUT2D eigenvalue weighted by molar-refractivity contribution is 1.11. The number of hydrogen-bond donors (Lipinski definition) is 0. The molecular formula is C3H14F4Si. The van der Waals surface area contributed by atoms with Gasteiger partial charge in [-0.1, -0.05) is 6.08 Å². The largest absolute Gasteiger partial charge is 0.269 e. The summed E-state index contributed by atoms with van der Waals surface area (Å²) in [4.78, 5) is 0. The number of rotatable bonds is 0. The van der Waals surface area contributed by atoms with Crippen LogP contribution in [0.4, 0.5) is 18.8 Å². The Morgan fingerprint density at radius 1 is 1.00 bits per heavy atom. The summed E-state index contributed by atoms with van der Waals surface area (Å²) in [7, 11) is 0. The van der Waals surface area contributed by atoms with Crippen LogP contribution in [0, 0.1) is 0 Å². The molecule has 0 bridgehead atoms. The Bertz CT molecular complexity index is 18.8. The molecule has 0 aliphatic carbocycles. The maximum absolute atomic E-state index is 3.36. The molecule has 0 aromatic carbocycles. The van der Waals surface area contributed by atoms with Gasteiger partial charge in [0, 0.05) is 0 Å².